The van der Waals surface area contributed by atoms with Crippen molar-refractivity contribution in [1.29, 1.82) is 0 Å². The molecule has 0 spiro atoms. The van der Waals surface area contributed by atoms with E-state index in [4.69, 9.17) is 5.11 Å². The first-order chi connectivity index (χ1) is 8.83. The van der Waals surface area contributed by atoms with Crippen LogP contribution in [0.2, 0.25) is 0 Å². The molecule has 0 saturated carbocycles. The van der Waals surface area contributed by atoms with E-state index >= 15 is 0 Å². The van der Waals surface area contributed by atoms with Gasteiger partial charge in [0.1, 0.15) is 6.54 Å². The van der Waals surface area contributed by atoms with Gasteiger partial charge in [-0.15, -0.1) is 0 Å². The molecule has 1 aliphatic rings. The number of alkyl halides is 3. The second-order valence-electron chi connectivity index (χ2n) is 4.61. The number of nitrogens with zero attached hydrogens (tertiary/aromatic N) is 2. The lowest BCUT2D eigenvalue weighted by molar-refractivity contribution is -0.141. The van der Waals surface area contributed by atoms with Gasteiger partial charge in [0.15, 0.2) is 0 Å². The van der Waals surface area contributed by atoms with E-state index in [1.54, 1.807) is 6.92 Å². The number of aliphatic hydroxyl groups excluding tert-OH is 1. The van der Waals surface area contributed by atoms with Crippen LogP contribution in [-0.4, -0.2) is 78.9 Å². The van der Waals surface area contributed by atoms with E-state index in [2.05, 4.69) is 4.90 Å². The first-order valence-corrected chi connectivity index (χ1v) is 6.25. The van der Waals surface area contributed by atoms with Crippen LogP contribution < -0.4 is 5.32 Å². The molecule has 112 valence electrons. The molecule has 8 heteroatoms. The lowest BCUT2D eigenvalue weighted by Gasteiger charge is -2.37. The molecule has 0 bridgehead atoms. The first kappa shape index (κ1) is 16.2. The lowest BCUT2D eigenvalue weighted by atomic mass is 10.2. The van der Waals surface area contributed by atoms with Crippen LogP contribution in [0.5, 0.6) is 0 Å². The zero-order valence-corrected chi connectivity index (χ0v) is 10.9. The van der Waals surface area contributed by atoms with Crippen molar-refractivity contribution in [3.8, 4) is 0 Å². The molecule has 1 amide bonds. The first-order valence-electron chi connectivity index (χ1n) is 6.25. The molecule has 1 fully saturated rings. The van der Waals surface area contributed by atoms with Gasteiger partial charge in [-0.2, -0.15) is 13.2 Å². The molecule has 1 saturated heterocycles. The highest BCUT2D eigenvalue weighted by molar-refractivity contribution is 5.81. The van der Waals surface area contributed by atoms with Crippen molar-refractivity contribution in [2.24, 2.45) is 0 Å². The molecule has 0 aromatic carbocycles. The standard InChI is InChI=1S/C11H20F3N3O2/c1-9(10(19)15-8-11(12,13)14)17-4-2-16(3-5-17)6-7-18/h9,18H,2-8H2,1H3,(H,15,19)/t9-/m1/s1. The van der Waals surface area contributed by atoms with Crippen molar-refractivity contribution in [1.82, 2.24) is 15.1 Å². The minimum Gasteiger partial charge on any atom is -0.395 e. The summed E-state index contributed by atoms with van der Waals surface area (Å²) in [6.45, 7) is 3.62. The maximum atomic E-state index is 12.0. The van der Waals surface area contributed by atoms with Crippen molar-refractivity contribution in [2.45, 2.75) is 19.1 Å². The number of carbonyl (C=O) groups excluding carboxylic acids is 1. The van der Waals surface area contributed by atoms with Crippen LogP contribution in [0.15, 0.2) is 0 Å². The topological polar surface area (TPSA) is 55.8 Å². The average molecular weight is 283 g/mol. The Morgan fingerprint density at radius 1 is 1.32 bits per heavy atom. The van der Waals surface area contributed by atoms with Gasteiger partial charge in [-0.1, -0.05) is 0 Å². The summed E-state index contributed by atoms with van der Waals surface area (Å²) in [7, 11) is 0. The van der Waals surface area contributed by atoms with E-state index in [0.717, 1.165) is 0 Å². The summed E-state index contributed by atoms with van der Waals surface area (Å²) >= 11 is 0. The van der Waals surface area contributed by atoms with Gasteiger partial charge in [0.05, 0.1) is 12.6 Å². The molecule has 2 N–H and O–H groups in total. The Labute approximate surface area is 110 Å². The molecule has 0 aromatic heterocycles. The van der Waals surface area contributed by atoms with Gasteiger partial charge in [0.25, 0.3) is 0 Å². The number of rotatable bonds is 5. The van der Waals surface area contributed by atoms with E-state index in [1.165, 1.54) is 0 Å². The zero-order chi connectivity index (χ0) is 14.5. The van der Waals surface area contributed by atoms with Crippen molar-refractivity contribution >= 4 is 5.91 Å². The Morgan fingerprint density at radius 3 is 2.37 bits per heavy atom. The second kappa shape index (κ2) is 7.06. The Balaban J connectivity index is 2.34. The normalized spacial score (nSPS) is 20.3. The third-order valence-electron chi connectivity index (χ3n) is 3.21. The van der Waals surface area contributed by atoms with Crippen molar-refractivity contribution < 1.29 is 23.1 Å². The zero-order valence-electron chi connectivity index (χ0n) is 10.9. The Hall–Kier alpha value is -0.860. The molecule has 1 aliphatic heterocycles. The maximum absolute atomic E-state index is 12.0. The predicted molar refractivity (Wildman–Crippen MR) is 63.6 cm³/mol. The molecule has 0 radical (unpaired) electrons. The van der Waals surface area contributed by atoms with E-state index in [9.17, 15) is 18.0 Å². The third kappa shape index (κ3) is 5.75. The quantitative estimate of drug-likeness (QED) is 0.725. The summed E-state index contributed by atoms with van der Waals surface area (Å²) in [6.07, 6.45) is -4.38. The molecule has 1 atom stereocenters. The molecule has 19 heavy (non-hydrogen) atoms. The number of carbonyl (C=O) groups is 1. The second-order valence-corrected chi connectivity index (χ2v) is 4.61. The lowest BCUT2D eigenvalue weighted by Crippen LogP contribution is -2.54. The monoisotopic (exact) mass is 283 g/mol. The van der Waals surface area contributed by atoms with Crippen LogP contribution in [-0.2, 0) is 4.79 Å². The molecule has 0 aliphatic carbocycles. The highest BCUT2D eigenvalue weighted by Crippen LogP contribution is 2.13. The number of amides is 1. The van der Waals surface area contributed by atoms with Gasteiger partial charge in [-0.25, -0.2) is 0 Å². The number of hydrogen-bond donors (Lipinski definition) is 2. The summed E-state index contributed by atoms with van der Waals surface area (Å²) < 4.78 is 36.0. The van der Waals surface area contributed by atoms with Gasteiger partial charge in [-0.05, 0) is 6.92 Å². The van der Waals surface area contributed by atoms with E-state index in [1.807, 2.05) is 10.2 Å². The van der Waals surface area contributed by atoms with Crippen LogP contribution in [0.1, 0.15) is 6.92 Å². The maximum Gasteiger partial charge on any atom is 0.405 e. The summed E-state index contributed by atoms with van der Waals surface area (Å²) in [5.41, 5.74) is 0. The van der Waals surface area contributed by atoms with Gasteiger partial charge in [0, 0.05) is 32.7 Å². The number of β-amino-alcohol motifs (C(OH)–C–C–N with tert-alkyl or cyclic N) is 1. The minimum absolute atomic E-state index is 0.0849. The predicted octanol–water partition coefficient (Wildman–Crippen LogP) is -0.337. The molecular weight excluding hydrogens is 263 g/mol. The molecule has 5 nitrogen and oxygen atoms in total. The summed E-state index contributed by atoms with van der Waals surface area (Å²) in [6, 6.07) is -0.571. The summed E-state index contributed by atoms with van der Waals surface area (Å²) in [5, 5.41) is 10.7. The number of hydrogen-bond acceptors (Lipinski definition) is 4. The van der Waals surface area contributed by atoms with Crippen LogP contribution in [0.25, 0.3) is 0 Å². The van der Waals surface area contributed by atoms with Crippen LogP contribution >= 0.6 is 0 Å². The van der Waals surface area contributed by atoms with Crippen LogP contribution in [0, 0.1) is 0 Å². The number of halogens is 3. The molecule has 0 unspecified atom stereocenters. The van der Waals surface area contributed by atoms with Crippen LogP contribution in [0.4, 0.5) is 13.2 Å². The number of piperazine rings is 1. The van der Waals surface area contributed by atoms with E-state index in [0.29, 0.717) is 32.7 Å². The highest BCUT2D eigenvalue weighted by atomic mass is 19.4. The highest BCUT2D eigenvalue weighted by Gasteiger charge is 2.30. The molecule has 1 rings (SSSR count). The SMILES string of the molecule is C[C@H](C(=O)NCC(F)(F)F)N1CCN(CCO)CC1. The molecular formula is C11H20F3N3O2. The third-order valence-corrected chi connectivity index (χ3v) is 3.21. The largest absolute Gasteiger partial charge is 0.405 e. The molecule has 1 heterocycles. The Morgan fingerprint density at radius 2 is 1.89 bits per heavy atom. The molecule has 0 aromatic rings. The van der Waals surface area contributed by atoms with Crippen LogP contribution in [0.3, 0.4) is 0 Å². The van der Waals surface area contributed by atoms with Gasteiger partial charge in [0.2, 0.25) is 5.91 Å². The smallest absolute Gasteiger partial charge is 0.395 e. The van der Waals surface area contributed by atoms with Crippen molar-refractivity contribution in [3.05, 3.63) is 0 Å². The number of nitrogens with one attached hydrogen (secondary N) is 1. The fourth-order valence-electron chi connectivity index (χ4n) is 2.02. The number of aliphatic hydroxyl groups is 1. The fourth-order valence-corrected chi connectivity index (χ4v) is 2.02. The minimum atomic E-state index is -4.38. The summed E-state index contributed by atoms with van der Waals surface area (Å²) in [5.74, 6) is -0.604. The van der Waals surface area contributed by atoms with Crippen molar-refractivity contribution in [2.75, 3.05) is 45.9 Å². The average Bonchev–Trinajstić information content (AvgIpc) is 2.35. The van der Waals surface area contributed by atoms with Gasteiger partial charge >= 0.3 is 6.18 Å². The Kier molecular flexibility index (Phi) is 6.02. The fraction of sp³-hybridized carbons (Fsp3) is 0.909. The van der Waals surface area contributed by atoms with Gasteiger partial charge < -0.3 is 10.4 Å². The van der Waals surface area contributed by atoms with Crippen molar-refractivity contribution in [3.63, 3.8) is 0 Å². The Bertz CT molecular complexity index is 291. The van der Waals surface area contributed by atoms with E-state index in [-0.39, 0.29) is 6.61 Å². The van der Waals surface area contributed by atoms with Gasteiger partial charge in [-0.3, -0.25) is 14.6 Å². The van der Waals surface area contributed by atoms with E-state index < -0.39 is 24.7 Å². The summed E-state index contributed by atoms with van der Waals surface area (Å²) in [4.78, 5) is 15.5.